The number of aromatic nitrogens is 2. The van der Waals surface area contributed by atoms with Crippen LogP contribution >= 0.6 is 0 Å². The smallest absolute Gasteiger partial charge is 0.339 e. The summed E-state index contributed by atoms with van der Waals surface area (Å²) in [6.45, 7) is -0.395. The van der Waals surface area contributed by atoms with Crippen molar-refractivity contribution in [1.82, 2.24) is 15.0 Å². The molecule has 2 heterocycles. The van der Waals surface area contributed by atoms with Crippen LogP contribution in [0.5, 0.6) is 0 Å². The maximum Gasteiger partial charge on any atom is 0.401 e. The third-order valence-corrected chi connectivity index (χ3v) is 4.39. The number of fused-ring (bicyclic) bond motifs is 1. The Morgan fingerprint density at radius 2 is 2.04 bits per heavy atom. The molecular weight excluding hydrogens is 314 g/mol. The van der Waals surface area contributed by atoms with Gasteiger partial charge in [-0.3, -0.25) is 4.90 Å². The number of nitrogens with zero attached hydrogens (tertiary/aromatic N) is 3. The van der Waals surface area contributed by atoms with Crippen molar-refractivity contribution in [1.29, 1.82) is 0 Å². The van der Waals surface area contributed by atoms with E-state index in [1.807, 2.05) is 0 Å². The third-order valence-electron chi connectivity index (χ3n) is 4.39. The maximum atomic E-state index is 13.3. The predicted molar refractivity (Wildman–Crippen MR) is 71.5 cm³/mol. The van der Waals surface area contributed by atoms with Gasteiger partial charge < -0.3 is 4.52 Å². The molecule has 4 rings (SSSR count). The minimum Gasteiger partial charge on any atom is -0.339 e. The van der Waals surface area contributed by atoms with E-state index in [2.05, 4.69) is 10.1 Å². The number of rotatable bonds is 3. The van der Waals surface area contributed by atoms with Gasteiger partial charge in [0.2, 0.25) is 5.89 Å². The summed E-state index contributed by atoms with van der Waals surface area (Å²) in [5.41, 5.74) is 1.91. The fourth-order valence-corrected chi connectivity index (χ4v) is 3.17. The Morgan fingerprint density at radius 3 is 2.78 bits per heavy atom. The van der Waals surface area contributed by atoms with E-state index < -0.39 is 12.7 Å². The molecule has 1 aromatic heterocycles. The number of benzene rings is 1. The minimum absolute atomic E-state index is 0.0930. The van der Waals surface area contributed by atoms with Gasteiger partial charge >= 0.3 is 6.18 Å². The van der Waals surface area contributed by atoms with E-state index in [0.717, 1.165) is 17.5 Å². The molecule has 1 saturated heterocycles. The summed E-state index contributed by atoms with van der Waals surface area (Å²) in [6.07, 6.45) is -3.47. The van der Waals surface area contributed by atoms with Crippen LogP contribution in [0, 0.1) is 5.82 Å². The highest BCUT2D eigenvalue weighted by atomic mass is 19.4. The van der Waals surface area contributed by atoms with E-state index >= 15 is 0 Å². The second-order valence-corrected chi connectivity index (χ2v) is 6.10. The van der Waals surface area contributed by atoms with Gasteiger partial charge in [-0.05, 0) is 29.7 Å². The highest BCUT2D eigenvalue weighted by Crippen LogP contribution is 2.40. The zero-order valence-corrected chi connectivity index (χ0v) is 12.0. The summed E-state index contributed by atoms with van der Waals surface area (Å²) in [5, 5.41) is 3.92. The lowest BCUT2D eigenvalue weighted by Crippen LogP contribution is -2.49. The van der Waals surface area contributed by atoms with Crippen LogP contribution in [0.1, 0.15) is 34.7 Å². The summed E-state index contributed by atoms with van der Waals surface area (Å²) < 4.78 is 55.3. The molecule has 23 heavy (non-hydrogen) atoms. The van der Waals surface area contributed by atoms with E-state index in [1.165, 1.54) is 17.0 Å². The second kappa shape index (κ2) is 5.02. The molecule has 2 aliphatic rings. The molecule has 8 heteroatoms. The summed E-state index contributed by atoms with van der Waals surface area (Å²) in [6, 6.07) is 4.62. The molecule has 1 aromatic carbocycles. The largest absolute Gasteiger partial charge is 0.401 e. The van der Waals surface area contributed by atoms with Gasteiger partial charge in [-0.25, -0.2) is 4.39 Å². The van der Waals surface area contributed by atoms with Gasteiger partial charge in [-0.2, -0.15) is 18.2 Å². The van der Waals surface area contributed by atoms with Crippen molar-refractivity contribution in [2.45, 2.75) is 24.4 Å². The average Bonchev–Trinajstić information content (AvgIpc) is 2.85. The van der Waals surface area contributed by atoms with Gasteiger partial charge in [0.1, 0.15) is 5.82 Å². The fourth-order valence-electron chi connectivity index (χ4n) is 3.17. The van der Waals surface area contributed by atoms with Crippen molar-refractivity contribution in [3.63, 3.8) is 0 Å². The Hall–Kier alpha value is -1.96. The zero-order valence-electron chi connectivity index (χ0n) is 12.0. The van der Waals surface area contributed by atoms with Crippen LogP contribution in [0.3, 0.4) is 0 Å². The number of hydrogen-bond acceptors (Lipinski definition) is 4. The van der Waals surface area contributed by atoms with Crippen LogP contribution in [0.25, 0.3) is 0 Å². The number of halogens is 4. The fraction of sp³-hybridized carbons (Fsp3) is 0.467. The van der Waals surface area contributed by atoms with Gasteiger partial charge in [-0.1, -0.05) is 11.2 Å². The topological polar surface area (TPSA) is 42.2 Å². The Balaban J connectivity index is 1.42. The molecule has 0 spiro atoms. The molecule has 1 fully saturated rings. The Kier molecular flexibility index (Phi) is 3.19. The monoisotopic (exact) mass is 327 g/mol. The number of likely N-dealkylation sites (tertiary alicyclic amines) is 1. The van der Waals surface area contributed by atoms with Gasteiger partial charge in [0.25, 0.3) is 0 Å². The minimum atomic E-state index is -4.19. The van der Waals surface area contributed by atoms with Gasteiger partial charge in [-0.15, -0.1) is 0 Å². The van der Waals surface area contributed by atoms with Crippen molar-refractivity contribution >= 4 is 0 Å². The molecule has 1 unspecified atom stereocenters. The molecule has 1 aliphatic carbocycles. The van der Waals surface area contributed by atoms with Crippen molar-refractivity contribution < 1.29 is 22.1 Å². The van der Waals surface area contributed by atoms with Crippen LogP contribution in [-0.4, -0.2) is 40.9 Å². The lowest BCUT2D eigenvalue weighted by Gasteiger charge is -2.37. The second-order valence-electron chi connectivity index (χ2n) is 6.10. The zero-order chi connectivity index (χ0) is 16.2. The average molecular weight is 327 g/mol. The van der Waals surface area contributed by atoms with E-state index in [1.54, 1.807) is 6.07 Å². The quantitative estimate of drug-likeness (QED) is 0.813. The molecule has 0 N–H and O–H groups in total. The van der Waals surface area contributed by atoms with E-state index in [9.17, 15) is 17.6 Å². The first-order valence-corrected chi connectivity index (χ1v) is 7.30. The van der Waals surface area contributed by atoms with Gasteiger partial charge in [0.05, 0.1) is 18.4 Å². The normalized spacial score (nSPS) is 21.7. The summed E-state index contributed by atoms with van der Waals surface area (Å²) >= 11 is 0. The van der Waals surface area contributed by atoms with Crippen molar-refractivity contribution in [2.24, 2.45) is 0 Å². The van der Waals surface area contributed by atoms with Crippen LogP contribution in [0.4, 0.5) is 17.6 Å². The van der Waals surface area contributed by atoms with E-state index in [4.69, 9.17) is 4.52 Å². The van der Waals surface area contributed by atoms with Crippen LogP contribution < -0.4 is 0 Å². The SMILES string of the molecule is Fc1ccc2c(c1)C(c1noc(C3CN(CC(F)(F)F)C3)n1)C2. The van der Waals surface area contributed by atoms with Crippen molar-refractivity contribution in [2.75, 3.05) is 19.6 Å². The van der Waals surface area contributed by atoms with E-state index in [0.29, 0.717) is 11.7 Å². The highest BCUT2D eigenvalue weighted by molar-refractivity contribution is 5.44. The lowest BCUT2D eigenvalue weighted by molar-refractivity contribution is -0.155. The summed E-state index contributed by atoms with van der Waals surface area (Å²) in [7, 11) is 0. The van der Waals surface area contributed by atoms with Crippen LogP contribution in [-0.2, 0) is 6.42 Å². The molecule has 0 saturated carbocycles. The Morgan fingerprint density at radius 1 is 1.26 bits per heavy atom. The highest BCUT2D eigenvalue weighted by Gasteiger charge is 2.40. The predicted octanol–water partition coefficient (Wildman–Crippen LogP) is 2.86. The standard InChI is InChI=1S/C15H13F4N3O/c16-10-2-1-8-3-12(11(8)4-10)13-20-14(23-21-13)9-5-22(6-9)7-15(17,18)19/h1-2,4,9,12H,3,5-7H2. The lowest BCUT2D eigenvalue weighted by atomic mass is 9.77. The maximum absolute atomic E-state index is 13.3. The van der Waals surface area contributed by atoms with Gasteiger partial charge in [0, 0.05) is 13.1 Å². The van der Waals surface area contributed by atoms with Crippen molar-refractivity contribution in [3.05, 3.63) is 46.9 Å². The van der Waals surface area contributed by atoms with Crippen LogP contribution in [0.15, 0.2) is 22.7 Å². The summed E-state index contributed by atoms with van der Waals surface area (Å²) in [5.74, 6) is 0.282. The van der Waals surface area contributed by atoms with Gasteiger partial charge in [0.15, 0.2) is 5.82 Å². The third kappa shape index (κ3) is 2.71. The molecule has 2 aromatic rings. The number of hydrogen-bond donors (Lipinski definition) is 0. The molecular formula is C15H13F4N3O. The molecule has 0 radical (unpaired) electrons. The first kappa shape index (κ1) is 14.6. The molecule has 0 amide bonds. The molecule has 0 bridgehead atoms. The molecule has 4 nitrogen and oxygen atoms in total. The molecule has 1 aliphatic heterocycles. The molecule has 122 valence electrons. The first-order chi connectivity index (χ1) is 10.9. The summed E-state index contributed by atoms with van der Waals surface area (Å²) in [4.78, 5) is 5.60. The Bertz CT molecular complexity index is 737. The van der Waals surface area contributed by atoms with Crippen molar-refractivity contribution in [3.8, 4) is 0 Å². The molecule has 1 atom stereocenters. The number of alkyl halides is 3. The first-order valence-electron chi connectivity index (χ1n) is 7.30. The van der Waals surface area contributed by atoms with Crippen LogP contribution in [0.2, 0.25) is 0 Å². The van der Waals surface area contributed by atoms with E-state index in [-0.39, 0.29) is 30.7 Å². The Labute approximate surface area is 129 Å².